The highest BCUT2D eigenvalue weighted by Gasteiger charge is 2.36. The van der Waals surface area contributed by atoms with E-state index in [1.807, 2.05) is 0 Å². The molecule has 2 aromatic carbocycles. The quantitative estimate of drug-likeness (QED) is 0.759. The first-order valence-electron chi connectivity index (χ1n) is 6.00. The van der Waals surface area contributed by atoms with Crippen molar-refractivity contribution in [2.45, 2.75) is 6.18 Å². The lowest BCUT2D eigenvalue weighted by Crippen LogP contribution is -2.28. The van der Waals surface area contributed by atoms with E-state index in [0.29, 0.717) is 5.69 Å². The molecule has 0 fully saturated rings. The number of hydrogen-bond acceptors (Lipinski definition) is 1. The molecule has 0 atom stereocenters. The lowest BCUT2D eigenvalue weighted by Gasteiger charge is -2.20. The second kappa shape index (κ2) is 5.89. The van der Waals surface area contributed by atoms with Gasteiger partial charge in [-0.05, 0) is 30.3 Å². The molecule has 6 heteroatoms. The molecule has 0 aliphatic heterocycles. The zero-order valence-electron chi connectivity index (χ0n) is 11.0. The summed E-state index contributed by atoms with van der Waals surface area (Å²) in [5.74, 6) is -0.707. The molecule has 1 amide bonds. The van der Waals surface area contributed by atoms with Crippen molar-refractivity contribution >= 4 is 27.5 Å². The van der Waals surface area contributed by atoms with Gasteiger partial charge in [0.15, 0.2) is 0 Å². The highest BCUT2D eigenvalue weighted by atomic mass is 79.9. The molecule has 0 bridgehead atoms. The Morgan fingerprint density at radius 3 is 2.29 bits per heavy atom. The van der Waals surface area contributed by atoms with E-state index in [-0.39, 0.29) is 10.0 Å². The topological polar surface area (TPSA) is 20.3 Å². The average molecular weight is 358 g/mol. The summed E-state index contributed by atoms with van der Waals surface area (Å²) < 4.78 is 39.5. The van der Waals surface area contributed by atoms with Crippen molar-refractivity contribution in [1.29, 1.82) is 0 Å². The third-order valence-corrected chi connectivity index (χ3v) is 3.46. The van der Waals surface area contributed by atoms with Gasteiger partial charge in [-0.3, -0.25) is 4.79 Å². The Morgan fingerprint density at radius 2 is 1.71 bits per heavy atom. The third kappa shape index (κ3) is 3.44. The summed E-state index contributed by atoms with van der Waals surface area (Å²) in [6.07, 6.45) is -4.59. The van der Waals surface area contributed by atoms with Crippen LogP contribution in [0.4, 0.5) is 18.9 Å². The molecule has 2 nitrogen and oxygen atoms in total. The molecule has 2 rings (SSSR count). The Labute approximate surface area is 128 Å². The highest BCUT2D eigenvalue weighted by Crippen LogP contribution is 2.34. The van der Waals surface area contributed by atoms with Gasteiger partial charge in [-0.1, -0.05) is 34.1 Å². The van der Waals surface area contributed by atoms with Crippen molar-refractivity contribution in [3.05, 3.63) is 64.1 Å². The molecular weight excluding hydrogens is 347 g/mol. The maximum atomic E-state index is 13.1. The minimum absolute atomic E-state index is 0.272. The molecular formula is C15H11BrF3NO. The Kier molecular flexibility index (Phi) is 4.37. The van der Waals surface area contributed by atoms with E-state index < -0.39 is 17.6 Å². The van der Waals surface area contributed by atoms with E-state index in [1.54, 1.807) is 30.3 Å². The van der Waals surface area contributed by atoms with Crippen LogP contribution in [0.2, 0.25) is 0 Å². The lowest BCUT2D eigenvalue weighted by molar-refractivity contribution is -0.137. The second-order valence-electron chi connectivity index (χ2n) is 4.39. The average Bonchev–Trinajstić information content (AvgIpc) is 2.45. The van der Waals surface area contributed by atoms with Gasteiger partial charge in [0.1, 0.15) is 0 Å². The van der Waals surface area contributed by atoms with Crippen LogP contribution in [0.1, 0.15) is 15.9 Å². The fourth-order valence-electron chi connectivity index (χ4n) is 1.89. The molecule has 0 N–H and O–H groups in total. The van der Waals surface area contributed by atoms with Crippen LogP contribution in [0, 0.1) is 0 Å². The van der Waals surface area contributed by atoms with Crippen molar-refractivity contribution in [1.82, 2.24) is 0 Å². The number of carbonyl (C=O) groups is 1. The Balaban J connectivity index is 2.45. The van der Waals surface area contributed by atoms with Crippen LogP contribution in [0.3, 0.4) is 0 Å². The number of halogens is 4. The van der Waals surface area contributed by atoms with Gasteiger partial charge in [-0.15, -0.1) is 0 Å². The number of hydrogen-bond donors (Lipinski definition) is 0. The number of benzene rings is 2. The maximum Gasteiger partial charge on any atom is 0.417 e. The minimum Gasteiger partial charge on any atom is -0.311 e. The summed E-state index contributed by atoms with van der Waals surface area (Å²) in [7, 11) is 1.44. The standard InChI is InChI=1S/C15H11BrF3NO/c1-20(11-5-3-2-4-6-11)14(21)12-8-7-10(16)9-13(12)15(17,18)19/h2-9H,1H3. The number of nitrogens with zero attached hydrogens (tertiary/aromatic N) is 1. The summed E-state index contributed by atoms with van der Waals surface area (Å²) in [5, 5.41) is 0. The van der Waals surface area contributed by atoms with Gasteiger partial charge in [-0.25, -0.2) is 0 Å². The smallest absolute Gasteiger partial charge is 0.311 e. The van der Waals surface area contributed by atoms with E-state index in [4.69, 9.17) is 0 Å². The van der Waals surface area contributed by atoms with E-state index in [2.05, 4.69) is 15.9 Å². The number of amides is 1. The molecule has 0 unspecified atom stereocenters. The molecule has 110 valence electrons. The van der Waals surface area contributed by atoms with Crippen LogP contribution in [0.15, 0.2) is 53.0 Å². The number of alkyl halides is 3. The normalized spacial score (nSPS) is 11.3. The number of carbonyl (C=O) groups excluding carboxylic acids is 1. The van der Waals surface area contributed by atoms with Gasteiger partial charge in [0, 0.05) is 17.2 Å². The van der Waals surface area contributed by atoms with Crippen LogP contribution in [-0.2, 0) is 6.18 Å². The van der Waals surface area contributed by atoms with Gasteiger partial charge in [0.2, 0.25) is 0 Å². The zero-order chi connectivity index (χ0) is 15.6. The zero-order valence-corrected chi connectivity index (χ0v) is 12.6. The van der Waals surface area contributed by atoms with Crippen molar-refractivity contribution in [3.8, 4) is 0 Å². The largest absolute Gasteiger partial charge is 0.417 e. The van der Waals surface area contributed by atoms with Crippen molar-refractivity contribution in [2.75, 3.05) is 11.9 Å². The fraction of sp³-hybridized carbons (Fsp3) is 0.133. The molecule has 0 saturated heterocycles. The Bertz CT molecular complexity index is 656. The van der Waals surface area contributed by atoms with Gasteiger partial charge in [0.05, 0.1) is 11.1 Å². The van der Waals surface area contributed by atoms with Gasteiger partial charge in [0.25, 0.3) is 5.91 Å². The van der Waals surface area contributed by atoms with Crippen LogP contribution in [-0.4, -0.2) is 13.0 Å². The minimum atomic E-state index is -4.59. The summed E-state index contributed by atoms with van der Waals surface area (Å²) in [5.41, 5.74) is -0.805. The molecule has 0 radical (unpaired) electrons. The summed E-state index contributed by atoms with van der Waals surface area (Å²) in [4.78, 5) is 13.5. The highest BCUT2D eigenvalue weighted by molar-refractivity contribution is 9.10. The molecule has 0 aliphatic carbocycles. The van der Waals surface area contributed by atoms with E-state index >= 15 is 0 Å². The molecule has 0 spiro atoms. The van der Waals surface area contributed by atoms with Crippen LogP contribution < -0.4 is 4.90 Å². The first-order chi connectivity index (χ1) is 9.80. The summed E-state index contributed by atoms with van der Waals surface area (Å²) >= 11 is 2.99. The molecule has 0 heterocycles. The molecule has 0 aliphatic rings. The number of anilines is 1. The molecule has 2 aromatic rings. The van der Waals surface area contributed by atoms with Crippen LogP contribution >= 0.6 is 15.9 Å². The Morgan fingerprint density at radius 1 is 1.10 bits per heavy atom. The SMILES string of the molecule is CN(C(=O)c1ccc(Br)cc1C(F)(F)F)c1ccccc1. The van der Waals surface area contributed by atoms with Gasteiger partial charge < -0.3 is 4.90 Å². The van der Waals surface area contributed by atoms with Crippen LogP contribution in [0.5, 0.6) is 0 Å². The Hall–Kier alpha value is -1.82. The predicted molar refractivity (Wildman–Crippen MR) is 78.3 cm³/mol. The van der Waals surface area contributed by atoms with E-state index in [9.17, 15) is 18.0 Å². The van der Waals surface area contributed by atoms with Crippen molar-refractivity contribution in [3.63, 3.8) is 0 Å². The predicted octanol–water partition coefficient (Wildman–Crippen LogP) is 4.74. The van der Waals surface area contributed by atoms with E-state index in [0.717, 1.165) is 6.07 Å². The monoisotopic (exact) mass is 357 g/mol. The fourth-order valence-corrected chi connectivity index (χ4v) is 2.25. The third-order valence-electron chi connectivity index (χ3n) is 2.97. The first-order valence-corrected chi connectivity index (χ1v) is 6.80. The first kappa shape index (κ1) is 15.6. The number of rotatable bonds is 2. The summed E-state index contributed by atoms with van der Waals surface area (Å²) in [6, 6.07) is 12.0. The molecule has 0 aromatic heterocycles. The van der Waals surface area contributed by atoms with Gasteiger partial charge >= 0.3 is 6.18 Å². The second-order valence-corrected chi connectivity index (χ2v) is 5.30. The van der Waals surface area contributed by atoms with Crippen LogP contribution in [0.25, 0.3) is 0 Å². The molecule has 0 saturated carbocycles. The van der Waals surface area contributed by atoms with Crippen molar-refractivity contribution in [2.24, 2.45) is 0 Å². The maximum absolute atomic E-state index is 13.1. The van der Waals surface area contributed by atoms with Gasteiger partial charge in [-0.2, -0.15) is 13.2 Å². The summed E-state index contributed by atoms with van der Waals surface area (Å²) in [6.45, 7) is 0. The number of para-hydroxylation sites is 1. The van der Waals surface area contributed by atoms with Crippen molar-refractivity contribution < 1.29 is 18.0 Å². The van der Waals surface area contributed by atoms with E-state index in [1.165, 1.54) is 24.1 Å². The lowest BCUT2D eigenvalue weighted by atomic mass is 10.1. The molecule has 21 heavy (non-hydrogen) atoms.